The fourth-order valence-corrected chi connectivity index (χ4v) is 0. The molecule has 0 saturated heterocycles. The third-order valence-corrected chi connectivity index (χ3v) is 4.92. The molecule has 0 saturated carbocycles. The van der Waals surface area contributed by atoms with Crippen LogP contribution >= 0.6 is 63.7 Å². The number of hydrogen-bond donors (Lipinski definition) is 0. The molecule has 0 aliphatic carbocycles. The molecule has 0 spiro atoms. The summed E-state index contributed by atoms with van der Waals surface area (Å²) in [4.78, 5) is 0. The highest BCUT2D eigenvalue weighted by molar-refractivity contribution is 9.29. The first kappa shape index (κ1) is 8.88. The van der Waals surface area contributed by atoms with Crippen molar-refractivity contribution in [1.82, 2.24) is 0 Å². The molecule has 7 heavy (non-hydrogen) atoms. The summed E-state index contributed by atoms with van der Waals surface area (Å²) in [5.41, 5.74) is 0. The van der Waals surface area contributed by atoms with Gasteiger partial charge in [-0.15, -0.1) is 0 Å². The summed E-state index contributed by atoms with van der Waals surface area (Å²) < 4.78 is -1.59. The van der Waals surface area contributed by atoms with E-state index in [9.17, 15) is 5.11 Å². The number of alkyl halides is 4. The van der Waals surface area contributed by atoms with Crippen molar-refractivity contribution in [2.24, 2.45) is 0 Å². The SMILES string of the molecule is [O]C(Br)(Br)C(Br)Br. The number of rotatable bonds is 1. The third kappa shape index (κ3) is 4.39. The number of hydrogen-bond acceptors (Lipinski definition) is 0. The molecular weight excluding hydrogens is 360 g/mol. The van der Waals surface area contributed by atoms with E-state index in [2.05, 4.69) is 63.7 Å². The summed E-state index contributed by atoms with van der Waals surface area (Å²) >= 11 is 11.6. The van der Waals surface area contributed by atoms with Gasteiger partial charge in [0.1, 0.15) is 3.74 Å². The lowest BCUT2D eigenvalue weighted by Gasteiger charge is -2.09. The molecule has 43 valence electrons. The molecule has 0 amide bonds. The second-order valence-corrected chi connectivity index (χ2v) is 7.34. The minimum absolute atomic E-state index is 0.299. The average molecular weight is 361 g/mol. The topological polar surface area (TPSA) is 19.9 Å². The van der Waals surface area contributed by atoms with Crippen molar-refractivity contribution in [3.63, 3.8) is 0 Å². The normalized spacial score (nSPS) is 12.9. The molecule has 0 N–H and O–H groups in total. The first-order valence-corrected chi connectivity index (χ1v) is 4.72. The quantitative estimate of drug-likeness (QED) is 0.641. The van der Waals surface area contributed by atoms with Crippen molar-refractivity contribution < 1.29 is 5.11 Å². The Morgan fingerprint density at radius 3 is 1.43 bits per heavy atom. The maximum absolute atomic E-state index is 10.5. The van der Waals surface area contributed by atoms with Crippen LogP contribution in [0.2, 0.25) is 0 Å². The Kier molecular flexibility index (Phi) is 4.00. The lowest BCUT2D eigenvalue weighted by Crippen LogP contribution is -2.15. The van der Waals surface area contributed by atoms with Gasteiger partial charge in [0.25, 0.3) is 0 Å². The molecule has 0 aliphatic rings. The van der Waals surface area contributed by atoms with Gasteiger partial charge in [-0.2, -0.15) is 0 Å². The molecule has 0 atom stereocenters. The summed E-state index contributed by atoms with van der Waals surface area (Å²) in [6.45, 7) is 0. The molecule has 1 nitrogen and oxygen atoms in total. The van der Waals surface area contributed by atoms with Crippen LogP contribution in [0.1, 0.15) is 0 Å². The van der Waals surface area contributed by atoms with Gasteiger partial charge in [0.15, 0.2) is 0 Å². The van der Waals surface area contributed by atoms with Crippen LogP contribution in [0.5, 0.6) is 0 Å². The Balaban J connectivity index is 3.54. The summed E-state index contributed by atoms with van der Waals surface area (Å²) in [5.74, 6) is 0. The fourth-order valence-electron chi connectivity index (χ4n) is 0. The lowest BCUT2D eigenvalue weighted by atomic mass is 10.9. The van der Waals surface area contributed by atoms with E-state index in [0.29, 0.717) is 0 Å². The smallest absolute Gasteiger partial charge is 0.202 e. The minimum atomic E-state index is -1.29. The molecule has 5 heteroatoms. The highest BCUT2D eigenvalue weighted by atomic mass is 79.9. The van der Waals surface area contributed by atoms with E-state index in [0.717, 1.165) is 0 Å². The minimum Gasteiger partial charge on any atom is -0.202 e. The van der Waals surface area contributed by atoms with Crippen LogP contribution in [0, 0.1) is 0 Å². The van der Waals surface area contributed by atoms with Gasteiger partial charge in [0.05, 0.1) is 0 Å². The Morgan fingerprint density at radius 1 is 1.29 bits per heavy atom. The second-order valence-electron chi connectivity index (χ2n) is 0.862. The predicted octanol–water partition coefficient (Wildman–Crippen LogP) is 2.98. The van der Waals surface area contributed by atoms with Crippen molar-refractivity contribution in [3.05, 3.63) is 0 Å². The molecule has 0 aromatic carbocycles. The summed E-state index contributed by atoms with van der Waals surface area (Å²) in [5, 5.41) is 10.5. The highest BCUT2D eigenvalue weighted by Crippen LogP contribution is 2.35. The Hall–Kier alpha value is 1.88. The monoisotopic (exact) mass is 357 g/mol. The Labute approximate surface area is 75.4 Å². The van der Waals surface area contributed by atoms with E-state index in [1.54, 1.807) is 0 Å². The standard InChI is InChI=1S/C2HBr4O/c3-1(4)2(5,6)7/h1H. The first-order chi connectivity index (χ1) is 2.94. The molecule has 0 fully saturated rings. The molecule has 0 aliphatic heterocycles. The van der Waals surface area contributed by atoms with Crippen molar-refractivity contribution in [3.8, 4) is 0 Å². The molecule has 1 radical (unpaired) electrons. The van der Waals surface area contributed by atoms with Crippen molar-refractivity contribution in [2.45, 2.75) is 7.16 Å². The number of halogens is 4. The largest absolute Gasteiger partial charge is 0.233 e. The van der Waals surface area contributed by atoms with Crippen LogP contribution in [0.4, 0.5) is 0 Å². The molecule has 0 unspecified atom stereocenters. The van der Waals surface area contributed by atoms with E-state index >= 15 is 0 Å². The Bertz CT molecular complexity index is 55.2. The maximum atomic E-state index is 10.5. The molecule has 0 heterocycles. The van der Waals surface area contributed by atoms with E-state index in [4.69, 9.17) is 0 Å². The third-order valence-electron chi connectivity index (χ3n) is 0.254. The molecular formula is C2HBr4O. The van der Waals surface area contributed by atoms with Crippen molar-refractivity contribution >= 4 is 63.7 Å². The first-order valence-electron chi connectivity index (χ1n) is 1.31. The van der Waals surface area contributed by atoms with E-state index in [1.807, 2.05) is 0 Å². The highest BCUT2D eigenvalue weighted by Gasteiger charge is 2.28. The zero-order chi connectivity index (χ0) is 6.08. The molecule has 0 aromatic rings. The Morgan fingerprint density at radius 2 is 1.43 bits per heavy atom. The van der Waals surface area contributed by atoms with Crippen LogP contribution in [0.15, 0.2) is 0 Å². The van der Waals surface area contributed by atoms with Gasteiger partial charge in [-0.25, -0.2) is 5.11 Å². The van der Waals surface area contributed by atoms with Gasteiger partial charge in [0.2, 0.25) is 3.42 Å². The van der Waals surface area contributed by atoms with Gasteiger partial charge < -0.3 is 0 Å². The predicted molar refractivity (Wildman–Crippen MR) is 42.9 cm³/mol. The van der Waals surface area contributed by atoms with Crippen molar-refractivity contribution in [1.29, 1.82) is 0 Å². The van der Waals surface area contributed by atoms with Crippen LogP contribution in [-0.2, 0) is 5.11 Å². The molecule has 0 rings (SSSR count). The van der Waals surface area contributed by atoms with Crippen LogP contribution < -0.4 is 0 Å². The summed E-state index contributed by atoms with van der Waals surface area (Å²) in [6, 6.07) is 0. The van der Waals surface area contributed by atoms with Crippen molar-refractivity contribution in [2.75, 3.05) is 0 Å². The summed E-state index contributed by atoms with van der Waals surface area (Å²) in [6.07, 6.45) is 0. The summed E-state index contributed by atoms with van der Waals surface area (Å²) in [7, 11) is 0. The van der Waals surface area contributed by atoms with E-state index in [-0.39, 0.29) is 3.74 Å². The second kappa shape index (κ2) is 3.15. The fraction of sp³-hybridized carbons (Fsp3) is 1.00. The average Bonchev–Trinajstić information content (AvgIpc) is 1.31. The molecule has 0 bridgehead atoms. The van der Waals surface area contributed by atoms with Gasteiger partial charge in [-0.05, 0) is 31.9 Å². The van der Waals surface area contributed by atoms with Crippen LogP contribution in [-0.4, -0.2) is 7.16 Å². The van der Waals surface area contributed by atoms with Gasteiger partial charge >= 0.3 is 0 Å². The van der Waals surface area contributed by atoms with E-state index in [1.165, 1.54) is 0 Å². The van der Waals surface area contributed by atoms with Crippen LogP contribution in [0.25, 0.3) is 0 Å². The molecule has 0 aromatic heterocycles. The zero-order valence-corrected chi connectivity index (χ0v) is 9.34. The lowest BCUT2D eigenvalue weighted by molar-refractivity contribution is 0.164. The van der Waals surface area contributed by atoms with Gasteiger partial charge in [0, 0.05) is 0 Å². The zero-order valence-electron chi connectivity index (χ0n) is 3.00. The van der Waals surface area contributed by atoms with Gasteiger partial charge in [-0.3, -0.25) is 0 Å². The maximum Gasteiger partial charge on any atom is 0.233 e. The van der Waals surface area contributed by atoms with E-state index < -0.39 is 3.42 Å². The van der Waals surface area contributed by atoms with Crippen LogP contribution in [0.3, 0.4) is 0 Å². The van der Waals surface area contributed by atoms with Gasteiger partial charge in [-0.1, -0.05) is 31.9 Å².